The van der Waals surface area contributed by atoms with E-state index in [2.05, 4.69) is 231 Å². The maximum atomic E-state index is 2.77. The van der Waals surface area contributed by atoms with Crippen LogP contribution in [-0.2, 0) is 28.1 Å². The van der Waals surface area contributed by atoms with E-state index in [1.165, 1.54) is 143 Å². The summed E-state index contributed by atoms with van der Waals surface area (Å²) in [6, 6.07) is 57.5. The second kappa shape index (κ2) is 13.8. The summed E-state index contributed by atoms with van der Waals surface area (Å²) in [4.78, 5) is 4.07. The first-order valence-electron chi connectivity index (χ1n) is 25.5. The van der Waals surface area contributed by atoms with E-state index in [4.69, 9.17) is 0 Å². The molecule has 70 heavy (non-hydrogen) atoms. The summed E-state index contributed by atoms with van der Waals surface area (Å²) < 4.78 is 4.03. The molecule has 0 radical (unpaired) electrons. The van der Waals surface area contributed by atoms with Gasteiger partial charge < -0.3 is 9.38 Å². The van der Waals surface area contributed by atoms with E-state index in [0.29, 0.717) is 0 Å². The van der Waals surface area contributed by atoms with Crippen LogP contribution < -0.4 is 15.7 Å². The molecular formula is C66H59BN2S. The molecule has 0 spiro atoms. The van der Waals surface area contributed by atoms with Gasteiger partial charge in [0.15, 0.2) is 0 Å². The van der Waals surface area contributed by atoms with E-state index in [1.54, 1.807) is 0 Å². The Bertz CT molecular complexity index is 3930. The molecule has 8 aromatic carbocycles. The fraction of sp³-hybridized carbons (Fsp3) is 0.242. The quantitative estimate of drug-likeness (QED) is 0.157. The van der Waals surface area contributed by atoms with Gasteiger partial charge in [0.05, 0.1) is 11.0 Å². The van der Waals surface area contributed by atoms with Gasteiger partial charge >= 0.3 is 6.85 Å². The van der Waals surface area contributed by atoms with Crippen molar-refractivity contribution in [3.05, 3.63) is 185 Å². The highest BCUT2D eigenvalue weighted by Crippen LogP contribution is 2.60. The van der Waals surface area contributed by atoms with Crippen molar-refractivity contribution in [2.24, 2.45) is 0 Å². The van der Waals surface area contributed by atoms with Crippen LogP contribution >= 0.6 is 11.3 Å². The maximum absolute atomic E-state index is 2.77. The number of thiophene rings is 1. The van der Waals surface area contributed by atoms with Crippen LogP contribution in [-0.4, -0.2) is 11.4 Å². The molecular weight excluding hydrogens is 864 g/mol. The average Bonchev–Trinajstić information content (AvgIpc) is 4.07. The number of fused-ring (bicyclic) bond motifs is 17. The Morgan fingerprint density at radius 2 is 1.23 bits per heavy atom. The molecule has 0 atom stereocenters. The zero-order valence-corrected chi connectivity index (χ0v) is 43.3. The minimum atomic E-state index is -0.265. The van der Waals surface area contributed by atoms with Crippen molar-refractivity contribution in [2.75, 3.05) is 4.81 Å². The lowest BCUT2D eigenvalue weighted by Crippen LogP contribution is -2.61. The third-order valence-electron chi connectivity index (χ3n) is 16.8. The predicted molar refractivity (Wildman–Crippen MR) is 303 cm³/mol. The van der Waals surface area contributed by atoms with Gasteiger partial charge in [-0.1, -0.05) is 173 Å². The number of hydrogen-bond donors (Lipinski definition) is 0. The zero-order chi connectivity index (χ0) is 48.1. The van der Waals surface area contributed by atoms with Crippen LogP contribution in [0.25, 0.3) is 81.4 Å². The third-order valence-corrected chi connectivity index (χ3v) is 17.9. The summed E-state index contributed by atoms with van der Waals surface area (Å²) >= 11 is 1.92. The summed E-state index contributed by atoms with van der Waals surface area (Å²) in [6.45, 7) is 26.0. The van der Waals surface area contributed by atoms with Gasteiger partial charge in [0.25, 0.3) is 0 Å². The van der Waals surface area contributed by atoms with Gasteiger partial charge in [-0.05, 0) is 160 Å². The molecule has 10 aromatic rings. The molecule has 342 valence electrons. The Morgan fingerprint density at radius 1 is 0.557 bits per heavy atom. The summed E-state index contributed by atoms with van der Waals surface area (Å²) in [6.07, 6.45) is 0.934. The van der Waals surface area contributed by atoms with Crippen molar-refractivity contribution in [1.82, 2.24) is 4.57 Å². The highest BCUT2D eigenvalue weighted by atomic mass is 32.1. The Balaban J connectivity index is 1.19. The summed E-state index contributed by atoms with van der Waals surface area (Å²) in [7, 11) is 0. The van der Waals surface area contributed by atoms with Crippen LogP contribution in [0.4, 0.5) is 11.4 Å². The lowest BCUT2D eigenvalue weighted by molar-refractivity contribution is 0.590. The van der Waals surface area contributed by atoms with Gasteiger partial charge in [-0.3, -0.25) is 0 Å². The first-order chi connectivity index (χ1) is 33.4. The van der Waals surface area contributed by atoms with E-state index < -0.39 is 0 Å². The second-order valence-electron chi connectivity index (χ2n) is 24.6. The molecule has 2 aromatic heterocycles. The Morgan fingerprint density at radius 3 is 1.97 bits per heavy atom. The normalized spacial score (nSPS) is 15.1. The number of hydrogen-bond acceptors (Lipinski definition) is 2. The molecule has 0 fully saturated rings. The highest BCUT2D eigenvalue weighted by Gasteiger charge is 2.50. The van der Waals surface area contributed by atoms with Crippen LogP contribution in [0.1, 0.15) is 115 Å². The largest absolute Gasteiger partial charge is 0.376 e. The number of rotatable bonds is 2. The van der Waals surface area contributed by atoms with Crippen molar-refractivity contribution < 1.29 is 0 Å². The average molecular weight is 923 g/mol. The van der Waals surface area contributed by atoms with Gasteiger partial charge in [0, 0.05) is 48.4 Å². The van der Waals surface area contributed by atoms with Crippen LogP contribution in [0.5, 0.6) is 0 Å². The fourth-order valence-electron chi connectivity index (χ4n) is 13.1. The van der Waals surface area contributed by atoms with Crippen molar-refractivity contribution >= 4 is 72.4 Å². The number of benzene rings is 8. The number of aromatic nitrogens is 1. The maximum Gasteiger partial charge on any atom is 0.333 e. The topological polar surface area (TPSA) is 8.17 Å². The van der Waals surface area contributed by atoms with Crippen molar-refractivity contribution in [3.63, 3.8) is 0 Å². The fourth-order valence-corrected chi connectivity index (χ4v) is 14.2. The minimum absolute atomic E-state index is 0.0206. The number of anilines is 2. The van der Waals surface area contributed by atoms with Gasteiger partial charge in [-0.2, -0.15) is 0 Å². The van der Waals surface area contributed by atoms with E-state index in [0.717, 1.165) is 6.42 Å². The first-order valence-corrected chi connectivity index (χ1v) is 26.3. The van der Waals surface area contributed by atoms with Gasteiger partial charge in [0.2, 0.25) is 0 Å². The molecule has 0 unspecified atom stereocenters. The second-order valence-corrected chi connectivity index (χ2v) is 25.7. The Kier molecular flexibility index (Phi) is 8.35. The van der Waals surface area contributed by atoms with Gasteiger partial charge in [-0.25, -0.2) is 0 Å². The zero-order valence-electron chi connectivity index (χ0n) is 42.4. The third kappa shape index (κ3) is 5.69. The molecule has 2 aliphatic heterocycles. The predicted octanol–water partition coefficient (Wildman–Crippen LogP) is 16.7. The van der Waals surface area contributed by atoms with Gasteiger partial charge in [-0.15, -0.1) is 11.3 Å². The minimum Gasteiger partial charge on any atom is -0.376 e. The molecule has 0 amide bonds. The molecule has 0 saturated carbocycles. The smallest absolute Gasteiger partial charge is 0.333 e. The standard InChI is InChI=1S/C66H59BN2S/c1-63(2,3)41-23-26-44(27-24-41)69-53-31-39-29-38-21-22-42(64(4,5)6)33-46(38)47(39)35-49(53)59-60-57(45-19-15-16-20-50(45)66(60,10)11)58-48-34-43(65(7,8)9)25-28-52(48)68-54-36-56-40(30-51(54)67(69)61(59)62(58)68)32-55(70-56)37-17-13-12-14-18-37/h12-28,30-36H,29H2,1-11H3. The molecule has 2 aliphatic carbocycles. The van der Waals surface area contributed by atoms with Crippen molar-refractivity contribution in [3.8, 4) is 49.5 Å². The van der Waals surface area contributed by atoms with E-state index in [1.807, 2.05) is 11.3 Å². The molecule has 4 heteroatoms. The summed E-state index contributed by atoms with van der Waals surface area (Å²) in [5, 5.41) is 4.05. The van der Waals surface area contributed by atoms with E-state index >= 15 is 0 Å². The van der Waals surface area contributed by atoms with Crippen LogP contribution in [0.2, 0.25) is 0 Å². The number of nitrogens with zero attached hydrogens (tertiary/aromatic N) is 2. The monoisotopic (exact) mass is 922 g/mol. The van der Waals surface area contributed by atoms with Crippen LogP contribution in [0.15, 0.2) is 146 Å². The molecule has 4 aliphatic rings. The molecule has 2 nitrogen and oxygen atoms in total. The lowest BCUT2D eigenvalue weighted by atomic mass is 9.43. The Hall–Kier alpha value is -6.62. The SMILES string of the molecule is CC(C)(C)c1ccc(N2B3c4cc5cc(-c6ccccc6)sc5cc4-n4c5ccc(C(C)(C)C)cc5c5c6c(c(c3c54)-c3cc4c(cc32)Cc2ccc(C(C)(C)C)cc2-4)C(C)(C)c2ccccc2-6)cc1. The first kappa shape index (κ1) is 42.3. The summed E-state index contributed by atoms with van der Waals surface area (Å²) in [5.41, 5.74) is 28.5. The molecule has 0 bridgehead atoms. The molecule has 0 saturated heterocycles. The van der Waals surface area contributed by atoms with Crippen LogP contribution in [0, 0.1) is 0 Å². The van der Waals surface area contributed by atoms with Crippen molar-refractivity contribution in [1.29, 1.82) is 0 Å². The highest BCUT2D eigenvalue weighted by molar-refractivity contribution is 7.22. The van der Waals surface area contributed by atoms with Crippen molar-refractivity contribution in [2.45, 2.75) is 104 Å². The van der Waals surface area contributed by atoms with Gasteiger partial charge in [0.1, 0.15) is 0 Å². The summed E-state index contributed by atoms with van der Waals surface area (Å²) in [5.74, 6) is 0. The molecule has 0 N–H and O–H groups in total. The molecule has 4 heterocycles. The molecule has 14 rings (SSSR count). The van der Waals surface area contributed by atoms with E-state index in [-0.39, 0.29) is 28.5 Å². The Labute approximate surface area is 417 Å². The van der Waals surface area contributed by atoms with E-state index in [9.17, 15) is 0 Å². The van der Waals surface area contributed by atoms with Crippen LogP contribution in [0.3, 0.4) is 0 Å². The lowest BCUT2D eigenvalue weighted by Gasteiger charge is -2.44.